The lowest BCUT2D eigenvalue weighted by atomic mass is 10.0. The van der Waals surface area contributed by atoms with Gasteiger partial charge in [-0.3, -0.25) is 10.1 Å². The molecule has 0 fully saturated rings. The zero-order valence-electron chi connectivity index (χ0n) is 10.7. The van der Waals surface area contributed by atoms with Crippen molar-refractivity contribution in [2.24, 2.45) is 0 Å². The van der Waals surface area contributed by atoms with Crippen LogP contribution in [0, 0.1) is 12.7 Å². The second kappa shape index (κ2) is 5.02. The summed E-state index contributed by atoms with van der Waals surface area (Å²) in [5.41, 5.74) is 0.440. The number of hydrogen-bond acceptors (Lipinski definition) is 3. The van der Waals surface area contributed by atoms with Gasteiger partial charge in [0, 0.05) is 22.0 Å². The third-order valence-corrected chi connectivity index (χ3v) is 3.79. The van der Waals surface area contributed by atoms with E-state index in [1.54, 1.807) is 30.5 Å². The molecule has 0 radical (unpaired) electrons. The predicted molar refractivity (Wildman–Crippen MR) is 78.7 cm³/mol. The first kappa shape index (κ1) is 12.7. The van der Waals surface area contributed by atoms with Gasteiger partial charge in [0.2, 0.25) is 0 Å². The van der Waals surface area contributed by atoms with E-state index in [1.807, 2.05) is 6.92 Å². The SMILES string of the molecule is Cc1cnc(NC(=O)c2ccc(F)c3ccccc23)s1. The number of amides is 1. The molecule has 0 atom stereocenters. The Bertz CT molecular complexity index is 797. The highest BCUT2D eigenvalue weighted by Gasteiger charge is 2.13. The summed E-state index contributed by atoms with van der Waals surface area (Å²) in [6, 6.07) is 9.73. The molecule has 0 saturated heterocycles. The Balaban J connectivity index is 2.01. The number of benzene rings is 2. The maximum Gasteiger partial charge on any atom is 0.258 e. The summed E-state index contributed by atoms with van der Waals surface area (Å²) in [7, 11) is 0. The van der Waals surface area contributed by atoms with Crippen LogP contribution in [-0.2, 0) is 0 Å². The molecule has 0 saturated carbocycles. The molecular formula is C15H11FN2OS. The van der Waals surface area contributed by atoms with E-state index in [0.717, 1.165) is 4.88 Å². The normalized spacial score (nSPS) is 10.7. The molecule has 3 rings (SSSR count). The molecule has 0 aliphatic carbocycles. The largest absolute Gasteiger partial charge is 0.298 e. The quantitative estimate of drug-likeness (QED) is 0.773. The van der Waals surface area contributed by atoms with E-state index in [2.05, 4.69) is 10.3 Å². The highest BCUT2D eigenvalue weighted by Crippen LogP contribution is 2.23. The summed E-state index contributed by atoms with van der Waals surface area (Å²) in [5.74, 6) is -0.613. The minimum atomic E-state index is -0.331. The fourth-order valence-corrected chi connectivity index (χ4v) is 2.70. The molecule has 0 bridgehead atoms. The Morgan fingerprint density at radius 1 is 1.20 bits per heavy atom. The lowest BCUT2D eigenvalue weighted by Crippen LogP contribution is -2.12. The first-order valence-corrected chi connectivity index (χ1v) is 6.88. The molecule has 100 valence electrons. The number of rotatable bonds is 2. The van der Waals surface area contributed by atoms with Crippen LogP contribution >= 0.6 is 11.3 Å². The number of halogens is 1. The van der Waals surface area contributed by atoms with Crippen molar-refractivity contribution in [3.8, 4) is 0 Å². The number of anilines is 1. The lowest BCUT2D eigenvalue weighted by molar-refractivity contribution is 0.102. The topological polar surface area (TPSA) is 42.0 Å². The monoisotopic (exact) mass is 286 g/mol. The van der Waals surface area contributed by atoms with Gasteiger partial charge in [0.15, 0.2) is 5.13 Å². The summed E-state index contributed by atoms with van der Waals surface area (Å²) in [6.45, 7) is 1.92. The molecule has 20 heavy (non-hydrogen) atoms. The molecule has 1 heterocycles. The Hall–Kier alpha value is -2.27. The molecule has 0 aliphatic heterocycles. The number of aryl methyl sites for hydroxylation is 1. The molecule has 3 nitrogen and oxygen atoms in total. The highest BCUT2D eigenvalue weighted by molar-refractivity contribution is 7.15. The number of fused-ring (bicyclic) bond motifs is 1. The van der Waals surface area contributed by atoms with Crippen molar-refractivity contribution in [2.45, 2.75) is 6.92 Å². The highest BCUT2D eigenvalue weighted by atomic mass is 32.1. The first-order valence-electron chi connectivity index (χ1n) is 6.06. The molecule has 5 heteroatoms. The van der Waals surface area contributed by atoms with E-state index in [0.29, 0.717) is 21.5 Å². The van der Waals surface area contributed by atoms with Gasteiger partial charge in [0.25, 0.3) is 5.91 Å². The van der Waals surface area contributed by atoms with Crippen LogP contribution in [0.4, 0.5) is 9.52 Å². The fourth-order valence-electron chi connectivity index (χ4n) is 2.04. The number of hydrogen-bond donors (Lipinski definition) is 1. The van der Waals surface area contributed by atoms with Crippen LogP contribution in [0.25, 0.3) is 10.8 Å². The van der Waals surface area contributed by atoms with Crippen molar-refractivity contribution in [3.05, 3.63) is 58.9 Å². The van der Waals surface area contributed by atoms with Crippen molar-refractivity contribution in [1.82, 2.24) is 4.98 Å². The van der Waals surface area contributed by atoms with E-state index in [-0.39, 0.29) is 11.7 Å². The molecule has 1 amide bonds. The third-order valence-electron chi connectivity index (χ3n) is 2.96. The van der Waals surface area contributed by atoms with E-state index < -0.39 is 0 Å². The summed E-state index contributed by atoms with van der Waals surface area (Å²) in [4.78, 5) is 17.4. The van der Waals surface area contributed by atoms with Gasteiger partial charge in [0.05, 0.1) is 0 Å². The minimum Gasteiger partial charge on any atom is -0.298 e. The second-order valence-corrected chi connectivity index (χ2v) is 5.61. The molecule has 0 spiro atoms. The van der Waals surface area contributed by atoms with Gasteiger partial charge in [-0.2, -0.15) is 0 Å². The fraction of sp³-hybridized carbons (Fsp3) is 0.0667. The number of aromatic nitrogens is 1. The van der Waals surface area contributed by atoms with Crippen LogP contribution in [0.2, 0.25) is 0 Å². The van der Waals surface area contributed by atoms with Crippen molar-refractivity contribution in [3.63, 3.8) is 0 Å². The van der Waals surface area contributed by atoms with Crippen LogP contribution < -0.4 is 5.32 Å². The summed E-state index contributed by atoms with van der Waals surface area (Å²) in [5, 5.41) is 4.32. The predicted octanol–water partition coefficient (Wildman–Crippen LogP) is 4.00. The van der Waals surface area contributed by atoms with Crippen molar-refractivity contribution >= 4 is 33.1 Å². The van der Waals surface area contributed by atoms with Gasteiger partial charge in [0.1, 0.15) is 5.82 Å². The summed E-state index contributed by atoms with van der Waals surface area (Å²) < 4.78 is 13.7. The molecular weight excluding hydrogens is 275 g/mol. The smallest absolute Gasteiger partial charge is 0.258 e. The average molecular weight is 286 g/mol. The molecule has 3 aromatic rings. The van der Waals surface area contributed by atoms with Gasteiger partial charge < -0.3 is 0 Å². The van der Waals surface area contributed by atoms with Crippen molar-refractivity contribution < 1.29 is 9.18 Å². The second-order valence-electron chi connectivity index (χ2n) is 4.37. The summed E-state index contributed by atoms with van der Waals surface area (Å²) >= 11 is 1.40. The van der Waals surface area contributed by atoms with E-state index in [9.17, 15) is 9.18 Å². The Morgan fingerprint density at radius 2 is 1.95 bits per heavy atom. The van der Waals surface area contributed by atoms with E-state index in [1.165, 1.54) is 23.5 Å². The molecule has 1 aromatic heterocycles. The van der Waals surface area contributed by atoms with Crippen LogP contribution in [0.15, 0.2) is 42.6 Å². The Labute approximate surface area is 119 Å². The first-order chi connectivity index (χ1) is 9.65. The van der Waals surface area contributed by atoms with E-state index in [4.69, 9.17) is 0 Å². The van der Waals surface area contributed by atoms with Gasteiger partial charge in [-0.15, -0.1) is 11.3 Å². The lowest BCUT2D eigenvalue weighted by Gasteiger charge is -2.06. The van der Waals surface area contributed by atoms with Crippen molar-refractivity contribution in [2.75, 3.05) is 5.32 Å². The standard InChI is InChI=1S/C15H11FN2OS/c1-9-8-17-15(20-9)18-14(19)12-6-7-13(16)11-5-3-2-4-10(11)12/h2-8H,1H3,(H,17,18,19). The van der Waals surface area contributed by atoms with Crippen LogP contribution in [0.5, 0.6) is 0 Å². The Kier molecular flexibility index (Phi) is 3.20. The number of carbonyl (C=O) groups excluding carboxylic acids is 1. The van der Waals surface area contributed by atoms with Gasteiger partial charge in [-0.1, -0.05) is 24.3 Å². The molecule has 2 aromatic carbocycles. The summed E-state index contributed by atoms with van der Waals surface area (Å²) in [6.07, 6.45) is 1.70. The molecule has 0 aliphatic rings. The maximum atomic E-state index is 13.7. The number of nitrogens with zero attached hydrogens (tertiary/aromatic N) is 1. The zero-order valence-corrected chi connectivity index (χ0v) is 11.5. The number of carbonyl (C=O) groups is 1. The van der Waals surface area contributed by atoms with Gasteiger partial charge in [-0.25, -0.2) is 9.37 Å². The number of nitrogens with one attached hydrogen (secondary N) is 1. The van der Waals surface area contributed by atoms with Crippen LogP contribution in [0.3, 0.4) is 0 Å². The average Bonchev–Trinajstić information content (AvgIpc) is 2.84. The van der Waals surface area contributed by atoms with Gasteiger partial charge in [-0.05, 0) is 24.4 Å². The number of thiazole rings is 1. The minimum absolute atomic E-state index is 0.282. The van der Waals surface area contributed by atoms with Crippen LogP contribution in [-0.4, -0.2) is 10.9 Å². The van der Waals surface area contributed by atoms with Gasteiger partial charge >= 0.3 is 0 Å². The third kappa shape index (κ3) is 2.28. The maximum absolute atomic E-state index is 13.7. The zero-order chi connectivity index (χ0) is 14.1. The van der Waals surface area contributed by atoms with Crippen LogP contribution in [0.1, 0.15) is 15.2 Å². The Morgan fingerprint density at radius 3 is 2.65 bits per heavy atom. The molecule has 0 unspecified atom stereocenters. The van der Waals surface area contributed by atoms with Crippen molar-refractivity contribution in [1.29, 1.82) is 0 Å². The van der Waals surface area contributed by atoms with E-state index >= 15 is 0 Å². The molecule has 1 N–H and O–H groups in total.